The number of hydrogen-bond donors (Lipinski definition) is 2. The fourth-order valence-corrected chi connectivity index (χ4v) is 1.61. The maximum absolute atomic E-state index is 11.7. The number of esters is 1. The summed E-state index contributed by atoms with van der Waals surface area (Å²) in [6.45, 7) is -0.620. The lowest BCUT2D eigenvalue weighted by Crippen LogP contribution is -2.37. The molecule has 0 aliphatic carbocycles. The maximum Gasteiger partial charge on any atom is 0.359 e. The predicted molar refractivity (Wildman–Crippen MR) is 82.5 cm³/mol. The van der Waals surface area contributed by atoms with E-state index in [4.69, 9.17) is 9.47 Å². The number of rotatable bonds is 5. The van der Waals surface area contributed by atoms with Crippen molar-refractivity contribution in [2.75, 3.05) is 19.0 Å². The zero-order valence-corrected chi connectivity index (χ0v) is 12.7. The smallest absolute Gasteiger partial charge is 0.359 e. The quantitative estimate of drug-likeness (QED) is 0.784. The summed E-state index contributed by atoms with van der Waals surface area (Å²) in [6.07, 6.45) is 3.92. The Labute approximate surface area is 137 Å². The highest BCUT2D eigenvalue weighted by molar-refractivity contribution is 6.02. The number of nitrogens with one attached hydrogen (secondary N) is 2. The molecule has 1 aromatic carbocycles. The molecule has 2 rings (SSSR count). The van der Waals surface area contributed by atoms with Crippen molar-refractivity contribution in [3.63, 3.8) is 0 Å². The van der Waals surface area contributed by atoms with E-state index in [0.29, 0.717) is 11.4 Å². The minimum absolute atomic E-state index is 0.0343. The van der Waals surface area contributed by atoms with Crippen molar-refractivity contribution in [3.8, 4) is 5.75 Å². The van der Waals surface area contributed by atoms with E-state index in [1.807, 2.05) is 5.32 Å². The summed E-state index contributed by atoms with van der Waals surface area (Å²) in [5, 5.41) is 4.48. The van der Waals surface area contributed by atoms with E-state index in [9.17, 15) is 14.4 Å². The molecule has 0 fully saturated rings. The second-order valence-electron chi connectivity index (χ2n) is 4.40. The first-order chi connectivity index (χ1) is 11.6. The van der Waals surface area contributed by atoms with Crippen LogP contribution in [0.3, 0.4) is 0 Å². The average Bonchev–Trinajstić information content (AvgIpc) is 2.61. The molecule has 2 N–H and O–H groups in total. The van der Waals surface area contributed by atoms with Crippen molar-refractivity contribution in [2.24, 2.45) is 0 Å². The monoisotopic (exact) mass is 330 g/mol. The van der Waals surface area contributed by atoms with Gasteiger partial charge < -0.3 is 14.8 Å². The minimum atomic E-state index is -0.811. The van der Waals surface area contributed by atoms with Gasteiger partial charge in [-0.25, -0.2) is 14.6 Å². The molecule has 1 aromatic heterocycles. The van der Waals surface area contributed by atoms with Gasteiger partial charge in [0.2, 0.25) is 0 Å². The number of imide groups is 1. The lowest BCUT2D eigenvalue weighted by atomic mass is 10.3. The Morgan fingerprint density at radius 3 is 2.50 bits per heavy atom. The number of nitrogens with zero attached hydrogens (tertiary/aromatic N) is 2. The topological polar surface area (TPSA) is 120 Å². The number of benzene rings is 1. The first kappa shape index (κ1) is 16.9. The van der Waals surface area contributed by atoms with Crippen molar-refractivity contribution in [1.82, 2.24) is 15.3 Å². The summed E-state index contributed by atoms with van der Waals surface area (Å²) in [4.78, 5) is 42.2. The summed E-state index contributed by atoms with van der Waals surface area (Å²) in [6, 6.07) is 5.77. The highest BCUT2D eigenvalue weighted by atomic mass is 16.5. The Hall–Kier alpha value is -3.49. The van der Waals surface area contributed by atoms with E-state index in [-0.39, 0.29) is 5.69 Å². The van der Waals surface area contributed by atoms with E-state index >= 15 is 0 Å². The van der Waals surface area contributed by atoms with Crippen molar-refractivity contribution >= 4 is 23.6 Å². The first-order valence-corrected chi connectivity index (χ1v) is 6.76. The molecule has 9 nitrogen and oxygen atoms in total. The molecule has 0 bridgehead atoms. The van der Waals surface area contributed by atoms with Crippen molar-refractivity contribution < 1.29 is 23.9 Å². The van der Waals surface area contributed by atoms with Gasteiger partial charge in [0.1, 0.15) is 5.75 Å². The molecule has 0 unspecified atom stereocenters. The van der Waals surface area contributed by atoms with Gasteiger partial charge in [-0.3, -0.25) is 15.1 Å². The van der Waals surface area contributed by atoms with Gasteiger partial charge in [0.25, 0.3) is 5.91 Å². The Kier molecular flexibility index (Phi) is 5.78. The molecular formula is C15H14N4O5. The van der Waals surface area contributed by atoms with Crippen LogP contribution in [0.1, 0.15) is 10.5 Å². The van der Waals surface area contributed by atoms with Crippen LogP contribution in [0.25, 0.3) is 0 Å². The van der Waals surface area contributed by atoms with Crippen LogP contribution in [-0.2, 0) is 9.53 Å². The molecule has 0 saturated carbocycles. The highest BCUT2D eigenvalue weighted by Crippen LogP contribution is 2.14. The van der Waals surface area contributed by atoms with Crippen molar-refractivity contribution in [2.45, 2.75) is 0 Å². The molecule has 0 atom stereocenters. The number of carbonyl (C=O) groups excluding carboxylic acids is 3. The van der Waals surface area contributed by atoms with E-state index in [2.05, 4.69) is 15.3 Å². The van der Waals surface area contributed by atoms with Gasteiger partial charge in [-0.15, -0.1) is 0 Å². The fraction of sp³-hybridized carbons (Fsp3) is 0.133. The predicted octanol–water partition coefficient (Wildman–Crippen LogP) is 0.990. The SMILES string of the molecule is COc1ccc(NC(=O)NC(=O)COC(=O)c2cnccn2)cc1. The largest absolute Gasteiger partial charge is 0.497 e. The van der Waals surface area contributed by atoms with Gasteiger partial charge in [0.15, 0.2) is 12.3 Å². The lowest BCUT2D eigenvalue weighted by molar-refractivity contribution is -0.123. The number of methoxy groups -OCH3 is 1. The molecule has 0 saturated heterocycles. The van der Waals surface area contributed by atoms with Crippen LogP contribution in [0.5, 0.6) is 5.75 Å². The van der Waals surface area contributed by atoms with Crippen LogP contribution in [0.2, 0.25) is 0 Å². The van der Waals surface area contributed by atoms with Crippen LogP contribution < -0.4 is 15.4 Å². The first-order valence-electron chi connectivity index (χ1n) is 6.76. The summed E-state index contributed by atoms with van der Waals surface area (Å²) in [5.74, 6) is -0.958. The van der Waals surface area contributed by atoms with Gasteiger partial charge in [0, 0.05) is 18.1 Å². The van der Waals surface area contributed by atoms with E-state index in [0.717, 1.165) is 0 Å². The second kappa shape index (κ2) is 8.22. The maximum atomic E-state index is 11.7. The van der Waals surface area contributed by atoms with Gasteiger partial charge >= 0.3 is 12.0 Å². The normalized spacial score (nSPS) is 9.71. The Morgan fingerprint density at radius 1 is 1.12 bits per heavy atom. The number of urea groups is 1. The Balaban J connectivity index is 1.77. The van der Waals surface area contributed by atoms with Crippen LogP contribution in [0.15, 0.2) is 42.9 Å². The summed E-state index contributed by atoms with van der Waals surface area (Å²) in [7, 11) is 1.52. The van der Waals surface area contributed by atoms with Crippen LogP contribution in [0.4, 0.5) is 10.5 Å². The van der Waals surface area contributed by atoms with Crippen LogP contribution in [-0.4, -0.2) is 41.6 Å². The third-order valence-corrected chi connectivity index (χ3v) is 2.71. The number of hydrogen-bond acceptors (Lipinski definition) is 7. The van der Waals surface area contributed by atoms with Crippen molar-refractivity contribution in [1.29, 1.82) is 0 Å². The molecule has 0 radical (unpaired) electrons. The molecule has 0 aliphatic rings. The van der Waals surface area contributed by atoms with Gasteiger partial charge in [0.05, 0.1) is 13.3 Å². The summed E-state index contributed by atoms with van der Waals surface area (Å²) >= 11 is 0. The van der Waals surface area contributed by atoms with Gasteiger partial charge in [-0.2, -0.15) is 0 Å². The third kappa shape index (κ3) is 5.05. The number of aromatic nitrogens is 2. The molecule has 9 heteroatoms. The molecule has 0 spiro atoms. The number of amides is 3. The Bertz CT molecular complexity index is 718. The zero-order chi connectivity index (χ0) is 17.4. The third-order valence-electron chi connectivity index (χ3n) is 2.71. The van der Waals surface area contributed by atoms with E-state index < -0.39 is 24.5 Å². The zero-order valence-electron chi connectivity index (χ0n) is 12.7. The molecule has 2 aromatic rings. The lowest BCUT2D eigenvalue weighted by Gasteiger charge is -2.08. The molecule has 124 valence electrons. The van der Waals surface area contributed by atoms with Crippen LogP contribution >= 0.6 is 0 Å². The Morgan fingerprint density at radius 2 is 1.88 bits per heavy atom. The fourth-order valence-electron chi connectivity index (χ4n) is 1.61. The molecule has 3 amide bonds. The molecule has 0 aliphatic heterocycles. The number of anilines is 1. The standard InChI is InChI=1S/C15H14N4O5/c1-23-11-4-2-10(3-5-11)18-15(22)19-13(20)9-24-14(21)12-8-16-6-7-17-12/h2-8H,9H2,1H3,(H2,18,19,20,22). The molecule has 1 heterocycles. The average molecular weight is 330 g/mol. The summed E-state index contributed by atoms with van der Waals surface area (Å²) < 4.78 is 9.71. The van der Waals surface area contributed by atoms with Crippen LogP contribution in [0, 0.1) is 0 Å². The van der Waals surface area contributed by atoms with Gasteiger partial charge in [-0.1, -0.05) is 0 Å². The van der Waals surface area contributed by atoms with E-state index in [1.165, 1.54) is 25.7 Å². The van der Waals surface area contributed by atoms with Crippen molar-refractivity contribution in [3.05, 3.63) is 48.5 Å². The highest BCUT2D eigenvalue weighted by Gasteiger charge is 2.13. The molecular weight excluding hydrogens is 316 g/mol. The second-order valence-corrected chi connectivity index (χ2v) is 4.40. The van der Waals surface area contributed by atoms with E-state index in [1.54, 1.807) is 24.3 Å². The minimum Gasteiger partial charge on any atom is -0.497 e. The number of carbonyl (C=O) groups is 3. The summed E-state index contributed by atoms with van der Waals surface area (Å²) in [5.41, 5.74) is 0.436. The number of ether oxygens (including phenoxy) is 2. The van der Waals surface area contributed by atoms with Gasteiger partial charge in [-0.05, 0) is 24.3 Å². The molecule has 24 heavy (non-hydrogen) atoms.